The lowest BCUT2D eigenvalue weighted by Crippen LogP contribution is -2.35. The zero-order chi connectivity index (χ0) is 18.3. The van der Waals surface area contributed by atoms with Crippen LogP contribution in [-0.4, -0.2) is 54.8 Å². The largest absolute Gasteiger partial charge is 0.459 e. The Labute approximate surface area is 153 Å². The Hall–Kier alpha value is -2.12. The SMILES string of the molecule is COCCCN=C1N=CN=C2c3c(nc(C)c4c3CC(C)(C)OC4)OC12. The van der Waals surface area contributed by atoms with Crippen LogP contribution < -0.4 is 4.74 Å². The van der Waals surface area contributed by atoms with Crippen LogP contribution in [-0.2, 0) is 22.5 Å². The fourth-order valence-corrected chi connectivity index (χ4v) is 3.60. The first kappa shape index (κ1) is 17.3. The molecule has 7 nitrogen and oxygen atoms in total. The molecule has 0 amide bonds. The van der Waals surface area contributed by atoms with Crippen molar-refractivity contribution in [3.63, 3.8) is 0 Å². The molecule has 0 aromatic carbocycles. The number of pyridine rings is 1. The molecule has 4 heterocycles. The molecule has 4 rings (SSSR count). The van der Waals surface area contributed by atoms with E-state index >= 15 is 0 Å². The van der Waals surface area contributed by atoms with Gasteiger partial charge in [-0.05, 0) is 32.8 Å². The van der Waals surface area contributed by atoms with Crippen molar-refractivity contribution in [2.45, 2.75) is 51.9 Å². The summed E-state index contributed by atoms with van der Waals surface area (Å²) in [5.41, 5.74) is 4.99. The third kappa shape index (κ3) is 2.95. The van der Waals surface area contributed by atoms with Crippen molar-refractivity contribution in [2.75, 3.05) is 20.3 Å². The van der Waals surface area contributed by atoms with Gasteiger partial charge in [0.1, 0.15) is 12.1 Å². The maximum atomic E-state index is 6.14. The molecule has 0 spiro atoms. The van der Waals surface area contributed by atoms with Gasteiger partial charge in [0.2, 0.25) is 12.0 Å². The number of rotatable bonds is 4. The van der Waals surface area contributed by atoms with Gasteiger partial charge in [-0.3, -0.25) is 4.99 Å². The second kappa shape index (κ2) is 6.55. The summed E-state index contributed by atoms with van der Waals surface area (Å²) in [6, 6.07) is 0. The molecule has 1 atom stereocenters. The molecule has 7 heteroatoms. The van der Waals surface area contributed by atoms with E-state index in [-0.39, 0.29) is 11.7 Å². The highest BCUT2D eigenvalue weighted by Gasteiger charge is 2.42. The zero-order valence-electron chi connectivity index (χ0n) is 15.7. The number of hydrogen-bond acceptors (Lipinski definition) is 6. The summed E-state index contributed by atoms with van der Waals surface area (Å²) in [7, 11) is 1.69. The fourth-order valence-electron chi connectivity index (χ4n) is 3.60. The van der Waals surface area contributed by atoms with Gasteiger partial charge in [0.25, 0.3) is 0 Å². The molecule has 0 bridgehead atoms. The third-order valence-corrected chi connectivity index (χ3v) is 4.93. The number of amidine groups is 1. The first-order valence-corrected chi connectivity index (χ1v) is 8.97. The summed E-state index contributed by atoms with van der Waals surface area (Å²) in [6.45, 7) is 8.12. The number of hydrogen-bond donors (Lipinski definition) is 0. The van der Waals surface area contributed by atoms with Crippen LogP contribution in [0.1, 0.15) is 42.7 Å². The Kier molecular flexibility index (Phi) is 4.36. The molecule has 1 unspecified atom stereocenters. The number of ether oxygens (including phenoxy) is 3. The van der Waals surface area contributed by atoms with Gasteiger partial charge >= 0.3 is 0 Å². The minimum atomic E-state index is -0.373. The second-order valence-corrected chi connectivity index (χ2v) is 7.40. The molecule has 0 N–H and O–H groups in total. The minimum absolute atomic E-state index is 0.215. The molecule has 0 aliphatic carbocycles. The maximum absolute atomic E-state index is 6.14. The third-order valence-electron chi connectivity index (χ3n) is 4.93. The Bertz CT molecular complexity index is 827. The summed E-state index contributed by atoms with van der Waals surface area (Å²) in [5.74, 6) is 1.29. The van der Waals surface area contributed by atoms with E-state index in [2.05, 4.69) is 33.8 Å². The molecule has 26 heavy (non-hydrogen) atoms. The molecule has 1 aromatic heterocycles. The van der Waals surface area contributed by atoms with Crippen LogP contribution in [0, 0.1) is 6.92 Å². The van der Waals surface area contributed by atoms with Gasteiger partial charge in [-0.1, -0.05) is 0 Å². The van der Waals surface area contributed by atoms with E-state index in [1.54, 1.807) is 13.4 Å². The molecule has 1 aromatic rings. The van der Waals surface area contributed by atoms with Gasteiger partial charge in [-0.15, -0.1) is 0 Å². The highest BCUT2D eigenvalue weighted by Crippen LogP contribution is 2.39. The Morgan fingerprint density at radius 2 is 2.19 bits per heavy atom. The molecule has 3 aliphatic rings. The number of aliphatic imine (C=N–C) groups is 3. The van der Waals surface area contributed by atoms with Crippen molar-refractivity contribution in [2.24, 2.45) is 15.0 Å². The Balaban J connectivity index is 1.71. The van der Waals surface area contributed by atoms with E-state index < -0.39 is 0 Å². The first-order chi connectivity index (χ1) is 12.5. The quantitative estimate of drug-likeness (QED) is 0.776. The summed E-state index contributed by atoms with van der Waals surface area (Å²) in [4.78, 5) is 18.1. The van der Waals surface area contributed by atoms with E-state index in [4.69, 9.17) is 14.2 Å². The molecule has 3 aliphatic heterocycles. The average molecular weight is 356 g/mol. The maximum Gasteiger partial charge on any atom is 0.224 e. The Morgan fingerprint density at radius 3 is 3.00 bits per heavy atom. The van der Waals surface area contributed by atoms with Gasteiger partial charge in [0.05, 0.1) is 17.8 Å². The van der Waals surface area contributed by atoms with Crippen LogP contribution in [0.3, 0.4) is 0 Å². The standard InChI is InChI=1S/C19H24N4O3/c1-11-13-9-25-19(2,3)8-12(13)14-15-16(26-18(14)23-11)17(22-10-21-15)20-6-5-7-24-4/h10,16H,5-9H2,1-4H3. The number of aryl methyl sites for hydroxylation is 1. The van der Waals surface area contributed by atoms with E-state index in [1.165, 1.54) is 5.56 Å². The summed E-state index contributed by atoms with van der Waals surface area (Å²) >= 11 is 0. The highest BCUT2D eigenvalue weighted by atomic mass is 16.5. The van der Waals surface area contributed by atoms with Crippen molar-refractivity contribution in [3.05, 3.63) is 22.4 Å². The van der Waals surface area contributed by atoms with Crippen LogP contribution in [0.4, 0.5) is 0 Å². The number of aromatic nitrogens is 1. The summed E-state index contributed by atoms with van der Waals surface area (Å²) in [5, 5.41) is 0. The van der Waals surface area contributed by atoms with Crippen molar-refractivity contribution < 1.29 is 14.2 Å². The summed E-state index contributed by atoms with van der Waals surface area (Å²) < 4.78 is 17.2. The number of fused-ring (bicyclic) bond motifs is 5. The second-order valence-electron chi connectivity index (χ2n) is 7.40. The lowest BCUT2D eigenvalue weighted by molar-refractivity contribution is -0.0406. The lowest BCUT2D eigenvalue weighted by Gasteiger charge is -2.33. The zero-order valence-corrected chi connectivity index (χ0v) is 15.7. The van der Waals surface area contributed by atoms with E-state index in [9.17, 15) is 0 Å². The topological polar surface area (TPSA) is 77.7 Å². The van der Waals surface area contributed by atoms with Crippen LogP contribution in [0.15, 0.2) is 15.0 Å². The monoisotopic (exact) mass is 356 g/mol. The molecular weight excluding hydrogens is 332 g/mol. The number of methoxy groups -OCH3 is 1. The highest BCUT2D eigenvalue weighted by molar-refractivity contribution is 6.25. The molecule has 0 radical (unpaired) electrons. The van der Waals surface area contributed by atoms with Crippen LogP contribution >= 0.6 is 0 Å². The van der Waals surface area contributed by atoms with Gasteiger partial charge in [0, 0.05) is 37.9 Å². The van der Waals surface area contributed by atoms with Crippen LogP contribution in [0.25, 0.3) is 0 Å². The number of nitrogens with zero attached hydrogens (tertiary/aromatic N) is 4. The van der Waals surface area contributed by atoms with E-state index in [0.29, 0.717) is 31.5 Å². The van der Waals surface area contributed by atoms with E-state index in [1.807, 2.05) is 6.92 Å². The first-order valence-electron chi connectivity index (χ1n) is 8.97. The van der Waals surface area contributed by atoms with Gasteiger partial charge in [-0.2, -0.15) is 0 Å². The molecule has 0 saturated heterocycles. The molecular formula is C19H24N4O3. The summed E-state index contributed by atoms with van der Waals surface area (Å²) in [6.07, 6.45) is 2.85. The smallest absolute Gasteiger partial charge is 0.224 e. The van der Waals surface area contributed by atoms with Gasteiger partial charge in [0.15, 0.2) is 5.84 Å². The molecule has 0 fully saturated rings. The van der Waals surface area contributed by atoms with Crippen molar-refractivity contribution in [1.29, 1.82) is 0 Å². The fraction of sp³-hybridized carbons (Fsp3) is 0.579. The predicted molar refractivity (Wildman–Crippen MR) is 99.8 cm³/mol. The van der Waals surface area contributed by atoms with E-state index in [0.717, 1.165) is 35.4 Å². The van der Waals surface area contributed by atoms with Crippen LogP contribution in [0.2, 0.25) is 0 Å². The minimum Gasteiger partial charge on any atom is -0.459 e. The average Bonchev–Trinajstić information content (AvgIpc) is 2.97. The lowest BCUT2D eigenvalue weighted by atomic mass is 9.86. The molecule has 138 valence electrons. The Morgan fingerprint density at radius 1 is 1.35 bits per heavy atom. The van der Waals surface area contributed by atoms with Gasteiger partial charge in [-0.25, -0.2) is 15.0 Å². The van der Waals surface area contributed by atoms with Crippen molar-refractivity contribution in [1.82, 2.24) is 4.98 Å². The van der Waals surface area contributed by atoms with Crippen molar-refractivity contribution in [3.8, 4) is 5.88 Å². The van der Waals surface area contributed by atoms with Crippen molar-refractivity contribution >= 4 is 17.9 Å². The molecule has 0 saturated carbocycles. The van der Waals surface area contributed by atoms with Crippen LogP contribution in [0.5, 0.6) is 5.88 Å². The normalized spacial score (nSPS) is 23.9. The van der Waals surface area contributed by atoms with Gasteiger partial charge < -0.3 is 14.2 Å². The predicted octanol–water partition coefficient (Wildman–Crippen LogP) is 2.27.